The van der Waals surface area contributed by atoms with Crippen molar-refractivity contribution in [3.8, 4) is 11.5 Å². The summed E-state index contributed by atoms with van der Waals surface area (Å²) in [5.74, 6) is 1.55. The lowest BCUT2D eigenvalue weighted by molar-refractivity contribution is 0.284. The van der Waals surface area contributed by atoms with Crippen LogP contribution in [0.15, 0.2) is 48.5 Å². The monoisotopic (exact) mass is 283 g/mol. The summed E-state index contributed by atoms with van der Waals surface area (Å²) in [4.78, 5) is 0. The number of hydrogen-bond donors (Lipinski definition) is 1. The molecule has 1 aliphatic rings. The molecule has 0 bridgehead atoms. The fourth-order valence-electron chi connectivity index (χ4n) is 2.28. The van der Waals surface area contributed by atoms with Crippen LogP contribution in [0.25, 0.3) is 0 Å². The number of nitrogens with one attached hydrogen (secondary N) is 1. The van der Waals surface area contributed by atoms with Gasteiger partial charge in [0.25, 0.3) is 0 Å². The van der Waals surface area contributed by atoms with Gasteiger partial charge in [0, 0.05) is 12.6 Å². The lowest BCUT2D eigenvalue weighted by Crippen LogP contribution is -2.15. The zero-order valence-corrected chi connectivity index (χ0v) is 12.3. The highest BCUT2D eigenvalue weighted by atomic mass is 16.5. The molecular weight excluding hydrogens is 262 g/mol. The van der Waals surface area contributed by atoms with Crippen molar-refractivity contribution in [3.63, 3.8) is 0 Å². The van der Waals surface area contributed by atoms with Crippen LogP contribution in [0.4, 0.5) is 0 Å². The van der Waals surface area contributed by atoms with Gasteiger partial charge in [-0.3, -0.25) is 0 Å². The molecule has 0 saturated heterocycles. The highest BCUT2D eigenvalue weighted by molar-refractivity contribution is 5.39. The summed E-state index contributed by atoms with van der Waals surface area (Å²) in [6.45, 7) is 1.49. The molecule has 0 unspecified atom stereocenters. The predicted octanol–water partition coefficient (Wildman–Crippen LogP) is 3.53. The van der Waals surface area contributed by atoms with Gasteiger partial charge >= 0.3 is 0 Å². The molecule has 21 heavy (non-hydrogen) atoms. The molecule has 110 valence electrons. The van der Waals surface area contributed by atoms with Gasteiger partial charge in [-0.25, -0.2) is 0 Å². The second-order valence-corrected chi connectivity index (χ2v) is 5.41. The zero-order valence-electron chi connectivity index (χ0n) is 12.3. The Morgan fingerprint density at radius 2 is 1.76 bits per heavy atom. The van der Waals surface area contributed by atoms with Crippen LogP contribution in [0, 0.1) is 0 Å². The average molecular weight is 283 g/mol. The van der Waals surface area contributed by atoms with Gasteiger partial charge in [-0.15, -0.1) is 0 Å². The molecule has 0 aliphatic heterocycles. The molecule has 0 aromatic heterocycles. The molecular formula is C18H21NO2. The van der Waals surface area contributed by atoms with Gasteiger partial charge in [-0.05, 0) is 36.1 Å². The summed E-state index contributed by atoms with van der Waals surface area (Å²) in [6, 6.07) is 17.0. The Labute approximate surface area is 125 Å². The molecule has 1 fully saturated rings. The van der Waals surface area contributed by atoms with Crippen molar-refractivity contribution in [3.05, 3.63) is 59.7 Å². The second kappa shape index (κ2) is 6.64. The van der Waals surface area contributed by atoms with Crippen molar-refractivity contribution in [1.82, 2.24) is 5.32 Å². The number of para-hydroxylation sites is 2. The van der Waals surface area contributed by atoms with Gasteiger partial charge < -0.3 is 14.8 Å². The van der Waals surface area contributed by atoms with Gasteiger partial charge in [-0.1, -0.05) is 36.4 Å². The minimum absolute atomic E-state index is 0.553. The molecule has 1 N–H and O–H groups in total. The number of ether oxygens (including phenoxy) is 2. The van der Waals surface area contributed by atoms with E-state index in [-0.39, 0.29) is 0 Å². The summed E-state index contributed by atoms with van der Waals surface area (Å²) in [7, 11) is 1.66. The quantitative estimate of drug-likeness (QED) is 0.843. The van der Waals surface area contributed by atoms with Gasteiger partial charge in [-0.2, -0.15) is 0 Å². The van der Waals surface area contributed by atoms with Gasteiger partial charge in [0.15, 0.2) is 11.5 Å². The fourth-order valence-corrected chi connectivity index (χ4v) is 2.28. The smallest absolute Gasteiger partial charge is 0.161 e. The van der Waals surface area contributed by atoms with Crippen LogP contribution in [-0.2, 0) is 13.2 Å². The Bertz CT molecular complexity index is 593. The molecule has 0 amide bonds. The van der Waals surface area contributed by atoms with Crippen LogP contribution in [0.3, 0.4) is 0 Å². The minimum atomic E-state index is 0.553. The van der Waals surface area contributed by atoms with Crippen molar-refractivity contribution >= 4 is 0 Å². The maximum absolute atomic E-state index is 5.86. The molecule has 0 radical (unpaired) electrons. The second-order valence-electron chi connectivity index (χ2n) is 5.41. The molecule has 3 heteroatoms. The van der Waals surface area contributed by atoms with Crippen molar-refractivity contribution in [2.75, 3.05) is 7.11 Å². The number of hydrogen-bond acceptors (Lipinski definition) is 3. The van der Waals surface area contributed by atoms with Crippen molar-refractivity contribution in [1.29, 1.82) is 0 Å². The van der Waals surface area contributed by atoms with E-state index >= 15 is 0 Å². The van der Waals surface area contributed by atoms with E-state index < -0.39 is 0 Å². The molecule has 0 heterocycles. The zero-order chi connectivity index (χ0) is 14.5. The van der Waals surface area contributed by atoms with E-state index in [0.717, 1.165) is 24.1 Å². The van der Waals surface area contributed by atoms with Crippen LogP contribution in [-0.4, -0.2) is 13.2 Å². The summed E-state index contributed by atoms with van der Waals surface area (Å²) >= 11 is 0. The first-order valence-electron chi connectivity index (χ1n) is 7.42. The first kappa shape index (κ1) is 14.0. The Hall–Kier alpha value is -2.00. The van der Waals surface area contributed by atoms with Gasteiger partial charge in [0.05, 0.1) is 7.11 Å². The van der Waals surface area contributed by atoms with E-state index in [1.165, 1.54) is 24.0 Å². The Balaban J connectivity index is 1.60. The number of methoxy groups -OCH3 is 1. The third kappa shape index (κ3) is 3.99. The summed E-state index contributed by atoms with van der Waals surface area (Å²) in [5, 5.41) is 3.53. The predicted molar refractivity (Wildman–Crippen MR) is 83.6 cm³/mol. The van der Waals surface area contributed by atoms with Crippen molar-refractivity contribution in [2.45, 2.75) is 32.0 Å². The highest BCUT2D eigenvalue weighted by Gasteiger charge is 2.19. The lowest BCUT2D eigenvalue weighted by atomic mass is 10.1. The third-order valence-electron chi connectivity index (χ3n) is 3.63. The molecule has 1 saturated carbocycles. The topological polar surface area (TPSA) is 30.5 Å². The van der Waals surface area contributed by atoms with E-state index in [0.29, 0.717) is 6.61 Å². The maximum Gasteiger partial charge on any atom is 0.161 e. The van der Waals surface area contributed by atoms with Crippen LogP contribution >= 0.6 is 0 Å². The minimum Gasteiger partial charge on any atom is -0.493 e. The van der Waals surface area contributed by atoms with Crippen molar-refractivity contribution < 1.29 is 9.47 Å². The normalized spacial score (nSPS) is 14.0. The summed E-state index contributed by atoms with van der Waals surface area (Å²) < 4.78 is 11.2. The third-order valence-corrected chi connectivity index (χ3v) is 3.63. The lowest BCUT2D eigenvalue weighted by Gasteiger charge is -2.11. The van der Waals surface area contributed by atoms with E-state index in [4.69, 9.17) is 9.47 Å². The summed E-state index contributed by atoms with van der Waals surface area (Å²) in [5.41, 5.74) is 2.49. The van der Waals surface area contributed by atoms with Crippen molar-refractivity contribution in [2.24, 2.45) is 0 Å². The van der Waals surface area contributed by atoms with Gasteiger partial charge in [0.1, 0.15) is 6.61 Å². The van der Waals surface area contributed by atoms with E-state index in [9.17, 15) is 0 Å². The fraction of sp³-hybridized carbons (Fsp3) is 0.333. The highest BCUT2D eigenvalue weighted by Crippen LogP contribution is 2.26. The molecule has 0 spiro atoms. The largest absolute Gasteiger partial charge is 0.493 e. The number of benzene rings is 2. The van der Waals surface area contributed by atoms with E-state index in [1.807, 2.05) is 24.3 Å². The first-order chi connectivity index (χ1) is 10.3. The molecule has 1 aliphatic carbocycles. The van der Waals surface area contributed by atoms with Crippen LogP contribution in [0.1, 0.15) is 24.0 Å². The molecule has 2 aromatic rings. The molecule has 3 nitrogen and oxygen atoms in total. The van der Waals surface area contributed by atoms with Crippen LogP contribution in [0.2, 0.25) is 0 Å². The van der Waals surface area contributed by atoms with E-state index in [2.05, 4.69) is 29.6 Å². The molecule has 3 rings (SSSR count). The first-order valence-corrected chi connectivity index (χ1v) is 7.42. The number of rotatable bonds is 7. The SMILES string of the molecule is COc1ccccc1OCc1cccc(CNC2CC2)c1. The standard InChI is InChI=1S/C18H21NO2/c1-20-17-7-2-3-8-18(17)21-13-15-6-4-5-14(11-15)12-19-16-9-10-16/h2-8,11,16,19H,9-10,12-13H2,1H3. The average Bonchev–Trinajstić information content (AvgIpc) is 3.36. The van der Waals surface area contributed by atoms with Gasteiger partial charge in [0.2, 0.25) is 0 Å². The molecule has 2 aromatic carbocycles. The van der Waals surface area contributed by atoms with E-state index in [1.54, 1.807) is 7.11 Å². The van der Waals surface area contributed by atoms with Crippen LogP contribution < -0.4 is 14.8 Å². The Morgan fingerprint density at radius 3 is 2.52 bits per heavy atom. The Morgan fingerprint density at radius 1 is 1.00 bits per heavy atom. The molecule has 0 atom stereocenters. The summed E-state index contributed by atoms with van der Waals surface area (Å²) in [6.07, 6.45) is 2.63. The van der Waals surface area contributed by atoms with Crippen LogP contribution in [0.5, 0.6) is 11.5 Å². The maximum atomic E-state index is 5.86. The Kier molecular flexibility index (Phi) is 4.41.